The number of carbonyl (C=O) groups is 2. The number of ether oxygens (including phenoxy) is 2. The molecule has 0 atom stereocenters. The number of methoxy groups -OCH3 is 1. The van der Waals surface area contributed by atoms with Crippen LogP contribution >= 0.6 is 0 Å². The van der Waals surface area contributed by atoms with Gasteiger partial charge in [-0.15, -0.1) is 0 Å². The molecule has 0 aliphatic heterocycles. The number of Topliss-reactive ketones (excluding diaryl/α,β-unsaturated/α-hetero) is 1. The topological polar surface area (TPSA) is 52.6 Å². The summed E-state index contributed by atoms with van der Waals surface area (Å²) in [6.45, 7) is -0.267. The van der Waals surface area contributed by atoms with Crippen molar-refractivity contribution in [2.75, 3.05) is 13.7 Å². The second-order valence-electron chi connectivity index (χ2n) is 5.64. The van der Waals surface area contributed by atoms with E-state index in [1.807, 2.05) is 48.5 Å². The van der Waals surface area contributed by atoms with E-state index in [2.05, 4.69) is 0 Å². The molecule has 3 rings (SSSR count). The summed E-state index contributed by atoms with van der Waals surface area (Å²) in [5.41, 5.74) is 1.34. The van der Waals surface area contributed by atoms with E-state index in [1.165, 1.54) is 0 Å². The largest absolute Gasteiger partial charge is 0.497 e. The molecule has 0 unspecified atom stereocenters. The lowest BCUT2D eigenvalue weighted by atomic mass is 10.0. The number of ketones is 1. The van der Waals surface area contributed by atoms with E-state index in [9.17, 15) is 9.59 Å². The molecule has 0 heterocycles. The second-order valence-corrected chi connectivity index (χ2v) is 5.64. The van der Waals surface area contributed by atoms with Crippen molar-refractivity contribution in [2.45, 2.75) is 6.42 Å². The van der Waals surface area contributed by atoms with Gasteiger partial charge in [-0.1, -0.05) is 54.6 Å². The highest BCUT2D eigenvalue weighted by Gasteiger charge is 2.13. The Morgan fingerprint density at radius 1 is 0.920 bits per heavy atom. The third-order valence-electron chi connectivity index (χ3n) is 3.94. The fraction of sp³-hybridized carbons (Fsp3) is 0.143. The van der Waals surface area contributed by atoms with E-state index in [1.54, 1.807) is 25.3 Å². The molecule has 0 spiro atoms. The van der Waals surface area contributed by atoms with Gasteiger partial charge >= 0.3 is 5.97 Å². The van der Waals surface area contributed by atoms with Crippen LogP contribution in [0.15, 0.2) is 66.7 Å². The minimum atomic E-state index is -0.443. The van der Waals surface area contributed by atoms with Crippen molar-refractivity contribution < 1.29 is 19.1 Å². The molecule has 0 aliphatic carbocycles. The van der Waals surface area contributed by atoms with Crippen LogP contribution in [-0.2, 0) is 16.0 Å². The summed E-state index contributed by atoms with van der Waals surface area (Å²) < 4.78 is 10.3. The highest BCUT2D eigenvalue weighted by atomic mass is 16.5. The van der Waals surface area contributed by atoms with Crippen LogP contribution in [0.3, 0.4) is 0 Å². The molecule has 0 saturated carbocycles. The van der Waals surface area contributed by atoms with Gasteiger partial charge in [-0.2, -0.15) is 0 Å². The van der Waals surface area contributed by atoms with Crippen molar-refractivity contribution >= 4 is 22.5 Å². The van der Waals surface area contributed by atoms with Crippen LogP contribution in [0.2, 0.25) is 0 Å². The molecule has 4 nitrogen and oxygen atoms in total. The molecule has 0 fully saturated rings. The average molecular weight is 334 g/mol. The van der Waals surface area contributed by atoms with E-state index in [0.717, 1.165) is 16.3 Å². The number of esters is 1. The standard InChI is InChI=1S/C21H18O4/c1-24-17-9-4-6-15(12-17)13-21(23)25-14-20(22)19-11-5-8-16-7-2-3-10-18(16)19/h2-12H,13-14H2,1H3. The molecule has 0 bridgehead atoms. The lowest BCUT2D eigenvalue weighted by molar-refractivity contribution is -0.141. The second kappa shape index (κ2) is 7.62. The molecule has 3 aromatic rings. The van der Waals surface area contributed by atoms with Gasteiger partial charge in [0, 0.05) is 5.56 Å². The Balaban J connectivity index is 1.64. The molecule has 0 aliphatic rings. The van der Waals surface area contributed by atoms with Gasteiger partial charge in [0.15, 0.2) is 6.61 Å². The van der Waals surface area contributed by atoms with Crippen molar-refractivity contribution in [1.29, 1.82) is 0 Å². The molecule has 0 N–H and O–H groups in total. The Kier molecular flexibility index (Phi) is 5.09. The minimum Gasteiger partial charge on any atom is -0.497 e. The molecule has 0 aromatic heterocycles. The van der Waals surface area contributed by atoms with Gasteiger partial charge in [0.2, 0.25) is 5.78 Å². The summed E-state index contributed by atoms with van der Waals surface area (Å²) in [6, 6.07) is 20.4. The fourth-order valence-corrected chi connectivity index (χ4v) is 2.69. The lowest BCUT2D eigenvalue weighted by Gasteiger charge is -2.08. The first-order chi connectivity index (χ1) is 12.2. The molecular formula is C21H18O4. The maximum atomic E-state index is 12.4. The lowest BCUT2D eigenvalue weighted by Crippen LogP contribution is -2.16. The molecule has 25 heavy (non-hydrogen) atoms. The van der Waals surface area contributed by atoms with Crippen molar-refractivity contribution in [3.05, 3.63) is 77.9 Å². The molecule has 0 saturated heterocycles. The molecule has 0 radical (unpaired) electrons. The zero-order chi connectivity index (χ0) is 17.6. The van der Waals surface area contributed by atoms with Crippen LogP contribution in [0.4, 0.5) is 0 Å². The van der Waals surface area contributed by atoms with Crippen LogP contribution in [-0.4, -0.2) is 25.5 Å². The van der Waals surface area contributed by atoms with Gasteiger partial charge in [-0.3, -0.25) is 9.59 Å². The third kappa shape index (κ3) is 4.04. The Bertz CT molecular complexity index is 909. The quantitative estimate of drug-likeness (QED) is 0.508. The number of hydrogen-bond acceptors (Lipinski definition) is 4. The Labute approximate surface area is 146 Å². The average Bonchev–Trinajstić information content (AvgIpc) is 2.65. The molecule has 0 amide bonds. The smallest absolute Gasteiger partial charge is 0.310 e. The molecule has 3 aromatic carbocycles. The third-order valence-corrected chi connectivity index (χ3v) is 3.94. The van der Waals surface area contributed by atoms with Crippen LogP contribution in [0.1, 0.15) is 15.9 Å². The van der Waals surface area contributed by atoms with Gasteiger partial charge < -0.3 is 9.47 Å². The van der Waals surface area contributed by atoms with Crippen LogP contribution in [0.25, 0.3) is 10.8 Å². The fourth-order valence-electron chi connectivity index (χ4n) is 2.69. The van der Waals surface area contributed by atoms with Crippen molar-refractivity contribution in [3.8, 4) is 5.75 Å². The predicted molar refractivity (Wildman–Crippen MR) is 95.9 cm³/mol. The first kappa shape index (κ1) is 16.7. The highest BCUT2D eigenvalue weighted by Crippen LogP contribution is 2.19. The first-order valence-electron chi connectivity index (χ1n) is 7.97. The number of rotatable bonds is 6. The Morgan fingerprint density at radius 2 is 1.68 bits per heavy atom. The van der Waals surface area contributed by atoms with Crippen LogP contribution in [0.5, 0.6) is 5.75 Å². The molecular weight excluding hydrogens is 316 g/mol. The SMILES string of the molecule is COc1cccc(CC(=O)OCC(=O)c2cccc3ccccc23)c1. The summed E-state index contributed by atoms with van der Waals surface area (Å²) in [4.78, 5) is 24.4. The Morgan fingerprint density at radius 3 is 2.52 bits per heavy atom. The highest BCUT2D eigenvalue weighted by molar-refractivity contribution is 6.09. The monoisotopic (exact) mass is 334 g/mol. The molecule has 126 valence electrons. The number of carbonyl (C=O) groups excluding carboxylic acids is 2. The van der Waals surface area contributed by atoms with Gasteiger partial charge in [-0.05, 0) is 28.5 Å². The number of fused-ring (bicyclic) bond motifs is 1. The summed E-state index contributed by atoms with van der Waals surface area (Å²) in [6.07, 6.45) is 0.0972. The van der Waals surface area contributed by atoms with E-state index < -0.39 is 5.97 Å². The van der Waals surface area contributed by atoms with Gasteiger partial charge in [0.25, 0.3) is 0 Å². The van der Waals surface area contributed by atoms with Gasteiger partial charge in [0.1, 0.15) is 5.75 Å². The summed E-state index contributed by atoms with van der Waals surface area (Å²) in [5, 5.41) is 1.84. The molecule has 4 heteroatoms. The van der Waals surface area contributed by atoms with Crippen molar-refractivity contribution in [1.82, 2.24) is 0 Å². The maximum absolute atomic E-state index is 12.4. The predicted octanol–water partition coefficient (Wildman–Crippen LogP) is 3.82. The first-order valence-corrected chi connectivity index (χ1v) is 7.97. The zero-order valence-corrected chi connectivity index (χ0v) is 13.9. The van der Waals surface area contributed by atoms with Crippen molar-refractivity contribution in [2.24, 2.45) is 0 Å². The summed E-state index contributed by atoms with van der Waals surface area (Å²) in [7, 11) is 1.57. The van der Waals surface area contributed by atoms with E-state index in [4.69, 9.17) is 9.47 Å². The van der Waals surface area contributed by atoms with E-state index >= 15 is 0 Å². The normalized spacial score (nSPS) is 10.4. The van der Waals surface area contributed by atoms with E-state index in [0.29, 0.717) is 11.3 Å². The van der Waals surface area contributed by atoms with Crippen LogP contribution < -0.4 is 4.74 Å². The maximum Gasteiger partial charge on any atom is 0.310 e. The van der Waals surface area contributed by atoms with E-state index in [-0.39, 0.29) is 18.8 Å². The van der Waals surface area contributed by atoms with Crippen LogP contribution in [0, 0.1) is 0 Å². The number of hydrogen-bond donors (Lipinski definition) is 0. The zero-order valence-electron chi connectivity index (χ0n) is 13.9. The summed E-state index contributed by atoms with van der Waals surface area (Å²) >= 11 is 0. The summed E-state index contributed by atoms with van der Waals surface area (Å²) in [5.74, 6) is 0.0229. The van der Waals surface area contributed by atoms with Gasteiger partial charge in [-0.25, -0.2) is 0 Å². The Hall–Kier alpha value is -3.14. The van der Waals surface area contributed by atoms with Gasteiger partial charge in [0.05, 0.1) is 13.5 Å². The van der Waals surface area contributed by atoms with Crippen molar-refractivity contribution in [3.63, 3.8) is 0 Å². The minimum absolute atomic E-state index is 0.0972. The number of benzene rings is 3.